The smallest absolute Gasteiger partial charge is 0.225 e. The van der Waals surface area contributed by atoms with Crippen LogP contribution >= 0.6 is 0 Å². The quantitative estimate of drug-likeness (QED) is 0.749. The zero-order valence-corrected chi connectivity index (χ0v) is 15.0. The van der Waals surface area contributed by atoms with Crippen LogP contribution in [0.4, 0.5) is 11.8 Å². The molecule has 1 saturated carbocycles. The lowest BCUT2D eigenvalue weighted by Gasteiger charge is -2.31. The number of anilines is 2. The third-order valence-electron chi connectivity index (χ3n) is 5.01. The topological polar surface area (TPSA) is 83.0 Å². The summed E-state index contributed by atoms with van der Waals surface area (Å²) < 4.78 is 0. The molecule has 6 heteroatoms. The van der Waals surface area contributed by atoms with E-state index >= 15 is 0 Å². The van der Waals surface area contributed by atoms with Crippen molar-refractivity contribution >= 4 is 11.8 Å². The molecule has 3 rings (SSSR count). The Bertz CT molecular complexity index is 692. The van der Waals surface area contributed by atoms with Gasteiger partial charge < -0.3 is 15.7 Å². The zero-order valence-electron chi connectivity index (χ0n) is 15.0. The lowest BCUT2D eigenvalue weighted by atomic mass is 9.85. The summed E-state index contributed by atoms with van der Waals surface area (Å²) in [6.07, 6.45) is 6.32. The van der Waals surface area contributed by atoms with Crippen molar-refractivity contribution in [2.24, 2.45) is 5.92 Å². The number of aromatic nitrogens is 3. The largest absolute Gasteiger partial charge is 0.396 e. The van der Waals surface area contributed by atoms with Crippen LogP contribution in [0.5, 0.6) is 0 Å². The molecule has 6 nitrogen and oxygen atoms in total. The van der Waals surface area contributed by atoms with E-state index in [1.807, 2.05) is 32.0 Å². The maximum absolute atomic E-state index is 9.64. The van der Waals surface area contributed by atoms with E-state index in [0.717, 1.165) is 35.6 Å². The normalized spacial score (nSPS) is 20.3. The molecule has 2 unspecified atom stereocenters. The van der Waals surface area contributed by atoms with Gasteiger partial charge in [-0.15, -0.1) is 0 Å². The van der Waals surface area contributed by atoms with Crippen molar-refractivity contribution in [3.8, 4) is 0 Å². The van der Waals surface area contributed by atoms with Crippen LogP contribution in [-0.4, -0.2) is 32.7 Å². The van der Waals surface area contributed by atoms with Crippen LogP contribution in [-0.2, 0) is 6.54 Å². The number of nitrogens with zero attached hydrogens (tertiary/aromatic N) is 3. The summed E-state index contributed by atoms with van der Waals surface area (Å²) >= 11 is 0. The number of aryl methyl sites for hydroxylation is 1. The van der Waals surface area contributed by atoms with Crippen LogP contribution in [0.15, 0.2) is 24.4 Å². The number of pyridine rings is 1. The van der Waals surface area contributed by atoms with Crippen molar-refractivity contribution in [3.05, 3.63) is 41.3 Å². The Morgan fingerprint density at radius 3 is 2.76 bits per heavy atom. The summed E-state index contributed by atoms with van der Waals surface area (Å²) in [4.78, 5) is 13.5. The number of hydrogen-bond acceptors (Lipinski definition) is 6. The third kappa shape index (κ3) is 4.45. The van der Waals surface area contributed by atoms with Gasteiger partial charge in [0.15, 0.2) is 0 Å². The van der Waals surface area contributed by atoms with Crippen molar-refractivity contribution in [1.29, 1.82) is 0 Å². The molecule has 0 aliphatic heterocycles. The van der Waals surface area contributed by atoms with E-state index in [1.165, 1.54) is 12.8 Å². The van der Waals surface area contributed by atoms with Crippen molar-refractivity contribution < 1.29 is 5.11 Å². The highest BCUT2D eigenvalue weighted by atomic mass is 16.3. The SMILES string of the molecule is Cc1nc(NCc2ccccn2)nc(NC2CCCCC2CO)c1C. The molecule has 1 fully saturated rings. The van der Waals surface area contributed by atoms with Crippen LogP contribution in [0, 0.1) is 19.8 Å². The Hall–Kier alpha value is -2.21. The van der Waals surface area contributed by atoms with Gasteiger partial charge in [0, 0.05) is 36.0 Å². The number of rotatable bonds is 6. The molecule has 0 aromatic carbocycles. The molecule has 0 bridgehead atoms. The van der Waals surface area contributed by atoms with Gasteiger partial charge in [0.1, 0.15) is 5.82 Å². The van der Waals surface area contributed by atoms with Gasteiger partial charge in [0.25, 0.3) is 0 Å². The van der Waals surface area contributed by atoms with Crippen molar-refractivity contribution in [1.82, 2.24) is 15.0 Å². The molecule has 134 valence electrons. The first-order valence-corrected chi connectivity index (χ1v) is 9.03. The van der Waals surface area contributed by atoms with Crippen LogP contribution in [0.25, 0.3) is 0 Å². The van der Waals surface area contributed by atoms with Gasteiger partial charge in [-0.3, -0.25) is 4.98 Å². The monoisotopic (exact) mass is 341 g/mol. The van der Waals surface area contributed by atoms with Crippen LogP contribution in [0.1, 0.15) is 42.6 Å². The van der Waals surface area contributed by atoms with Gasteiger partial charge in [-0.2, -0.15) is 4.98 Å². The maximum Gasteiger partial charge on any atom is 0.225 e. The highest BCUT2D eigenvalue weighted by molar-refractivity contribution is 5.50. The second-order valence-electron chi connectivity index (χ2n) is 6.76. The van der Waals surface area contributed by atoms with E-state index in [0.29, 0.717) is 18.4 Å². The molecule has 2 aromatic rings. The minimum atomic E-state index is 0.228. The van der Waals surface area contributed by atoms with E-state index < -0.39 is 0 Å². The highest BCUT2D eigenvalue weighted by Gasteiger charge is 2.25. The van der Waals surface area contributed by atoms with E-state index in [4.69, 9.17) is 0 Å². The number of hydrogen-bond donors (Lipinski definition) is 3. The first-order chi connectivity index (χ1) is 12.2. The molecule has 0 radical (unpaired) electrons. The lowest BCUT2D eigenvalue weighted by Crippen LogP contribution is -2.35. The molecule has 0 saturated heterocycles. The Kier molecular flexibility index (Phi) is 5.81. The van der Waals surface area contributed by atoms with E-state index in [2.05, 4.69) is 25.6 Å². The van der Waals surface area contributed by atoms with E-state index in [1.54, 1.807) is 6.20 Å². The molecule has 25 heavy (non-hydrogen) atoms. The Morgan fingerprint density at radius 1 is 1.16 bits per heavy atom. The third-order valence-corrected chi connectivity index (χ3v) is 5.01. The summed E-state index contributed by atoms with van der Waals surface area (Å²) in [7, 11) is 0. The zero-order chi connectivity index (χ0) is 17.6. The summed E-state index contributed by atoms with van der Waals surface area (Å²) in [5.74, 6) is 1.77. The predicted octanol–water partition coefficient (Wildman–Crippen LogP) is 3.06. The lowest BCUT2D eigenvalue weighted by molar-refractivity contribution is 0.178. The van der Waals surface area contributed by atoms with Crippen LogP contribution in [0.2, 0.25) is 0 Å². The van der Waals surface area contributed by atoms with Gasteiger partial charge in [0.2, 0.25) is 5.95 Å². The number of nitrogens with one attached hydrogen (secondary N) is 2. The van der Waals surface area contributed by atoms with E-state index in [-0.39, 0.29) is 12.6 Å². The molecule has 2 heterocycles. The molecule has 0 spiro atoms. The fourth-order valence-electron chi connectivity index (χ4n) is 3.31. The van der Waals surface area contributed by atoms with Gasteiger partial charge in [-0.25, -0.2) is 4.98 Å². The summed E-state index contributed by atoms with van der Waals surface area (Å²) in [5.41, 5.74) is 2.97. The molecular formula is C19H27N5O. The first kappa shape index (κ1) is 17.6. The minimum Gasteiger partial charge on any atom is -0.396 e. The molecule has 0 amide bonds. The summed E-state index contributed by atoms with van der Waals surface area (Å²) in [5, 5.41) is 16.5. The minimum absolute atomic E-state index is 0.228. The van der Waals surface area contributed by atoms with Crippen molar-refractivity contribution in [2.45, 2.75) is 52.1 Å². The Balaban J connectivity index is 1.73. The maximum atomic E-state index is 9.64. The molecule has 2 aromatic heterocycles. The molecular weight excluding hydrogens is 314 g/mol. The Morgan fingerprint density at radius 2 is 2.00 bits per heavy atom. The van der Waals surface area contributed by atoms with Gasteiger partial charge in [-0.1, -0.05) is 18.9 Å². The van der Waals surface area contributed by atoms with Crippen molar-refractivity contribution in [3.63, 3.8) is 0 Å². The van der Waals surface area contributed by atoms with Crippen LogP contribution in [0.3, 0.4) is 0 Å². The van der Waals surface area contributed by atoms with Crippen molar-refractivity contribution in [2.75, 3.05) is 17.2 Å². The second-order valence-corrected chi connectivity index (χ2v) is 6.76. The molecule has 2 atom stereocenters. The van der Waals surface area contributed by atoms with Gasteiger partial charge in [0.05, 0.1) is 12.2 Å². The molecule has 3 N–H and O–H groups in total. The average Bonchev–Trinajstić information content (AvgIpc) is 2.65. The van der Waals surface area contributed by atoms with Gasteiger partial charge in [-0.05, 0) is 38.8 Å². The summed E-state index contributed by atoms with van der Waals surface area (Å²) in [6, 6.07) is 6.12. The predicted molar refractivity (Wildman–Crippen MR) is 99.5 cm³/mol. The average molecular weight is 341 g/mol. The highest BCUT2D eigenvalue weighted by Crippen LogP contribution is 2.28. The number of aliphatic hydroxyl groups is 1. The molecule has 1 aliphatic rings. The molecule has 1 aliphatic carbocycles. The van der Waals surface area contributed by atoms with Crippen LogP contribution < -0.4 is 10.6 Å². The Labute approximate surface area is 149 Å². The standard InChI is InChI=1S/C19H27N5O/c1-13-14(2)22-19(21-11-16-8-5-6-10-20-16)24-18(13)23-17-9-4-3-7-15(17)12-25/h5-6,8,10,15,17,25H,3-4,7,9,11-12H2,1-2H3,(H2,21,22,23,24). The summed E-state index contributed by atoms with van der Waals surface area (Å²) in [6.45, 7) is 4.85. The fraction of sp³-hybridized carbons (Fsp3) is 0.526. The van der Waals surface area contributed by atoms with E-state index in [9.17, 15) is 5.11 Å². The second kappa shape index (κ2) is 8.25. The first-order valence-electron chi connectivity index (χ1n) is 9.03. The van der Waals surface area contributed by atoms with Gasteiger partial charge >= 0.3 is 0 Å². The fourth-order valence-corrected chi connectivity index (χ4v) is 3.31. The number of aliphatic hydroxyl groups excluding tert-OH is 1.